The number of carbonyl (C=O) groups is 3. The van der Waals surface area contributed by atoms with Crippen molar-refractivity contribution in [2.24, 2.45) is 0 Å². The van der Waals surface area contributed by atoms with Crippen LogP contribution in [0.2, 0.25) is 0 Å². The zero-order valence-electron chi connectivity index (χ0n) is 20.7. The minimum absolute atomic E-state index is 0.0648. The summed E-state index contributed by atoms with van der Waals surface area (Å²) in [6.45, 7) is 3.64. The first-order valence-electron chi connectivity index (χ1n) is 12.0. The molecule has 0 aromatic heterocycles. The summed E-state index contributed by atoms with van der Waals surface area (Å²) in [4.78, 5) is 36.5. The third-order valence-electron chi connectivity index (χ3n) is 5.84. The molecule has 0 heterocycles. The molecule has 0 saturated heterocycles. The van der Waals surface area contributed by atoms with Gasteiger partial charge in [0.15, 0.2) is 6.61 Å². The molecule has 0 atom stereocenters. The van der Waals surface area contributed by atoms with E-state index in [-0.39, 0.29) is 18.7 Å². The Bertz CT molecular complexity index is 1420. The Kier molecular flexibility index (Phi) is 8.15. The molecule has 0 spiro atoms. The molecule has 7 heteroatoms. The van der Waals surface area contributed by atoms with Gasteiger partial charge in [0.1, 0.15) is 11.5 Å². The van der Waals surface area contributed by atoms with Gasteiger partial charge in [-0.1, -0.05) is 42.5 Å². The highest BCUT2D eigenvalue weighted by atomic mass is 16.5. The second-order valence-electron chi connectivity index (χ2n) is 8.66. The first-order valence-corrected chi connectivity index (χ1v) is 12.0. The summed E-state index contributed by atoms with van der Waals surface area (Å²) >= 11 is 0. The van der Waals surface area contributed by atoms with Crippen molar-refractivity contribution in [1.29, 1.82) is 0 Å². The van der Waals surface area contributed by atoms with Crippen LogP contribution in [0.25, 0.3) is 10.8 Å². The van der Waals surface area contributed by atoms with Gasteiger partial charge in [0.25, 0.3) is 5.91 Å². The second kappa shape index (κ2) is 11.9. The Labute approximate surface area is 215 Å². The van der Waals surface area contributed by atoms with E-state index < -0.39 is 18.5 Å². The molecule has 2 N–H and O–H groups in total. The molecule has 188 valence electrons. The van der Waals surface area contributed by atoms with E-state index >= 15 is 0 Å². The van der Waals surface area contributed by atoms with Gasteiger partial charge in [0.05, 0.1) is 6.42 Å². The normalized spacial score (nSPS) is 10.5. The number of benzene rings is 4. The van der Waals surface area contributed by atoms with Crippen LogP contribution in [0, 0.1) is 13.8 Å². The maximum absolute atomic E-state index is 12.2. The summed E-state index contributed by atoms with van der Waals surface area (Å²) in [6.07, 6.45) is -0.202. The number of fused-ring (bicyclic) bond motifs is 1. The van der Waals surface area contributed by atoms with E-state index in [9.17, 15) is 14.4 Å². The van der Waals surface area contributed by atoms with Crippen LogP contribution < -0.4 is 15.4 Å². The smallest absolute Gasteiger partial charge is 0.306 e. The van der Waals surface area contributed by atoms with E-state index in [0.29, 0.717) is 17.1 Å². The van der Waals surface area contributed by atoms with Crippen LogP contribution in [-0.4, -0.2) is 24.4 Å². The van der Waals surface area contributed by atoms with E-state index in [1.165, 1.54) is 5.56 Å². The van der Waals surface area contributed by atoms with E-state index in [4.69, 9.17) is 9.47 Å². The average Bonchev–Trinajstić information content (AvgIpc) is 2.90. The molecule has 37 heavy (non-hydrogen) atoms. The van der Waals surface area contributed by atoms with Crippen LogP contribution in [0.1, 0.15) is 24.0 Å². The van der Waals surface area contributed by atoms with E-state index in [1.807, 2.05) is 68.4 Å². The lowest BCUT2D eigenvalue weighted by Gasteiger charge is -2.10. The van der Waals surface area contributed by atoms with Crippen molar-refractivity contribution in [2.75, 3.05) is 17.2 Å². The molecule has 4 aromatic carbocycles. The van der Waals surface area contributed by atoms with E-state index in [1.54, 1.807) is 30.3 Å². The Hall–Kier alpha value is -4.65. The van der Waals surface area contributed by atoms with Gasteiger partial charge in [-0.15, -0.1) is 0 Å². The molecule has 0 aliphatic heterocycles. The Morgan fingerprint density at radius 3 is 2.22 bits per heavy atom. The van der Waals surface area contributed by atoms with Crippen molar-refractivity contribution < 1.29 is 23.9 Å². The molecule has 0 aliphatic carbocycles. The number of hydrogen-bond acceptors (Lipinski definition) is 5. The largest absolute Gasteiger partial charge is 0.457 e. The van der Waals surface area contributed by atoms with Crippen molar-refractivity contribution >= 4 is 39.9 Å². The third-order valence-corrected chi connectivity index (χ3v) is 5.84. The first kappa shape index (κ1) is 25.4. The minimum Gasteiger partial charge on any atom is -0.457 e. The molecule has 7 nitrogen and oxygen atoms in total. The van der Waals surface area contributed by atoms with Crippen LogP contribution in [0.3, 0.4) is 0 Å². The highest BCUT2D eigenvalue weighted by molar-refractivity contribution is 6.02. The molecule has 0 saturated carbocycles. The van der Waals surface area contributed by atoms with Crippen molar-refractivity contribution in [2.45, 2.75) is 26.7 Å². The summed E-state index contributed by atoms with van der Waals surface area (Å²) in [5, 5.41) is 7.38. The van der Waals surface area contributed by atoms with Gasteiger partial charge < -0.3 is 20.1 Å². The quantitative estimate of drug-likeness (QED) is 0.271. The maximum atomic E-state index is 12.2. The number of hydrogen-bond donors (Lipinski definition) is 2. The standard InChI is InChI=1S/C30H28N2O5/c1-20-10-13-25(18-21(20)2)37-24-14-11-23(12-15-24)31-28(33)16-17-30(35)36-19-29(34)32-27-9-5-7-22-6-3-4-8-26(22)27/h3-15,18H,16-17,19H2,1-2H3,(H,31,33)(H,32,34). The van der Waals surface area contributed by atoms with E-state index in [0.717, 1.165) is 22.1 Å². The van der Waals surface area contributed by atoms with Crippen LogP contribution in [-0.2, 0) is 19.1 Å². The molecule has 0 aliphatic rings. The van der Waals surface area contributed by atoms with Gasteiger partial charge in [-0.25, -0.2) is 0 Å². The SMILES string of the molecule is Cc1ccc(Oc2ccc(NC(=O)CCC(=O)OCC(=O)Nc3cccc4ccccc34)cc2)cc1C. The summed E-state index contributed by atoms with van der Waals surface area (Å²) in [5.41, 5.74) is 3.56. The van der Waals surface area contributed by atoms with Crippen LogP contribution in [0.15, 0.2) is 84.9 Å². The van der Waals surface area contributed by atoms with E-state index in [2.05, 4.69) is 10.6 Å². The second-order valence-corrected chi connectivity index (χ2v) is 8.66. The average molecular weight is 497 g/mol. The molecule has 2 amide bonds. The lowest BCUT2D eigenvalue weighted by Crippen LogP contribution is -2.22. The number of rotatable bonds is 9. The van der Waals surface area contributed by atoms with Crippen molar-refractivity contribution in [3.8, 4) is 11.5 Å². The molecule has 0 bridgehead atoms. The fourth-order valence-electron chi connectivity index (χ4n) is 3.70. The summed E-state index contributed by atoms with van der Waals surface area (Å²) < 4.78 is 10.9. The maximum Gasteiger partial charge on any atom is 0.306 e. The van der Waals surface area contributed by atoms with Gasteiger partial charge in [0.2, 0.25) is 5.91 Å². The predicted molar refractivity (Wildman–Crippen MR) is 144 cm³/mol. The highest BCUT2D eigenvalue weighted by Crippen LogP contribution is 2.25. The number of esters is 1. The Morgan fingerprint density at radius 1 is 0.703 bits per heavy atom. The molecule has 4 aromatic rings. The Morgan fingerprint density at radius 2 is 1.43 bits per heavy atom. The fraction of sp³-hybridized carbons (Fsp3) is 0.167. The van der Waals surface area contributed by atoms with Crippen LogP contribution in [0.5, 0.6) is 11.5 Å². The molecule has 0 fully saturated rings. The van der Waals surface area contributed by atoms with Gasteiger partial charge in [0, 0.05) is 23.2 Å². The van der Waals surface area contributed by atoms with Gasteiger partial charge in [-0.2, -0.15) is 0 Å². The number of nitrogens with one attached hydrogen (secondary N) is 2. The summed E-state index contributed by atoms with van der Waals surface area (Å²) in [7, 11) is 0. The van der Waals surface area contributed by atoms with Gasteiger partial charge >= 0.3 is 5.97 Å². The lowest BCUT2D eigenvalue weighted by molar-refractivity contribution is -0.147. The number of carbonyl (C=O) groups excluding carboxylic acids is 3. The van der Waals surface area contributed by atoms with Crippen molar-refractivity contribution in [3.05, 3.63) is 96.1 Å². The van der Waals surface area contributed by atoms with Crippen LogP contribution in [0.4, 0.5) is 11.4 Å². The lowest BCUT2D eigenvalue weighted by atomic mass is 10.1. The molecule has 0 unspecified atom stereocenters. The minimum atomic E-state index is -0.625. The van der Waals surface area contributed by atoms with Gasteiger partial charge in [-0.3, -0.25) is 14.4 Å². The zero-order chi connectivity index (χ0) is 26.2. The number of amides is 2. The molecular weight excluding hydrogens is 468 g/mol. The highest BCUT2D eigenvalue weighted by Gasteiger charge is 2.12. The predicted octanol–water partition coefficient (Wildman–Crippen LogP) is 6.15. The van der Waals surface area contributed by atoms with Crippen LogP contribution >= 0.6 is 0 Å². The van der Waals surface area contributed by atoms with Gasteiger partial charge in [-0.05, 0) is 72.8 Å². The summed E-state index contributed by atoms with van der Waals surface area (Å²) in [5.74, 6) is -0.0200. The number of anilines is 2. The monoisotopic (exact) mass is 496 g/mol. The Balaban J connectivity index is 1.18. The van der Waals surface area contributed by atoms with Crippen molar-refractivity contribution in [1.82, 2.24) is 0 Å². The zero-order valence-corrected chi connectivity index (χ0v) is 20.7. The number of aryl methyl sites for hydroxylation is 2. The topological polar surface area (TPSA) is 93.7 Å². The molecule has 4 rings (SSSR count). The summed E-state index contributed by atoms with van der Waals surface area (Å²) in [6, 6.07) is 26.1. The van der Waals surface area contributed by atoms with Crippen molar-refractivity contribution in [3.63, 3.8) is 0 Å². The molecular formula is C30H28N2O5. The fourth-order valence-corrected chi connectivity index (χ4v) is 3.70. The third kappa shape index (κ3) is 7.18. The number of ether oxygens (including phenoxy) is 2. The first-order chi connectivity index (χ1) is 17.9. The molecule has 0 radical (unpaired) electrons.